The highest BCUT2D eigenvalue weighted by Gasteiger charge is 2.15. The first-order valence-corrected chi connectivity index (χ1v) is 9.21. The predicted octanol–water partition coefficient (Wildman–Crippen LogP) is 1.76. The Balaban J connectivity index is 1.45. The molecule has 0 unspecified atom stereocenters. The van der Waals surface area contributed by atoms with Crippen LogP contribution in [0.4, 0.5) is 11.6 Å². The zero-order chi connectivity index (χ0) is 18.8. The van der Waals surface area contributed by atoms with Crippen LogP contribution in [0.15, 0.2) is 47.5 Å². The van der Waals surface area contributed by atoms with E-state index in [1.54, 1.807) is 10.6 Å². The maximum Gasteiger partial charge on any atom is 0.259 e. The molecule has 0 radical (unpaired) electrons. The van der Waals surface area contributed by atoms with Crippen LogP contribution in [-0.2, 0) is 6.54 Å². The molecule has 1 N–H and O–H groups in total. The summed E-state index contributed by atoms with van der Waals surface area (Å²) in [5.74, 6) is 1.60. The van der Waals surface area contributed by atoms with E-state index in [0.717, 1.165) is 43.1 Å². The summed E-state index contributed by atoms with van der Waals surface area (Å²) in [6, 6.07) is 9.47. The van der Waals surface area contributed by atoms with Crippen molar-refractivity contribution in [2.75, 3.05) is 43.4 Å². The van der Waals surface area contributed by atoms with Gasteiger partial charge in [-0.05, 0) is 37.2 Å². The Hall–Kier alpha value is -2.93. The maximum atomic E-state index is 12.3. The number of anilines is 2. The number of aromatic nitrogens is 3. The van der Waals surface area contributed by atoms with Gasteiger partial charge in [-0.25, -0.2) is 9.97 Å². The largest absolute Gasteiger partial charge is 0.366 e. The number of likely N-dealkylation sites (N-methyl/N-ethyl adjacent to an activating group) is 1. The van der Waals surface area contributed by atoms with Crippen molar-refractivity contribution in [3.8, 4) is 0 Å². The smallest absolute Gasteiger partial charge is 0.259 e. The molecule has 0 atom stereocenters. The summed E-state index contributed by atoms with van der Waals surface area (Å²) in [6.45, 7) is 6.66. The van der Waals surface area contributed by atoms with Crippen molar-refractivity contribution in [2.45, 2.75) is 13.5 Å². The van der Waals surface area contributed by atoms with Crippen LogP contribution in [0.25, 0.3) is 5.65 Å². The van der Waals surface area contributed by atoms with Crippen LogP contribution >= 0.6 is 0 Å². The number of hydrogen-bond acceptors (Lipinski definition) is 6. The number of hydrogen-bond donors (Lipinski definition) is 1. The lowest BCUT2D eigenvalue weighted by atomic mass is 10.2. The first-order chi connectivity index (χ1) is 13.1. The minimum atomic E-state index is -0.0882. The standard InChI is InChI=1S/C20H24N6O/c1-15-4-3-7-26-19(27)12-17(23-20(15)26)21-13-16-5-6-18(22-14-16)25-10-8-24(2)9-11-25/h3-7,12,14,21H,8-11,13H2,1-2H3. The number of nitrogens with one attached hydrogen (secondary N) is 1. The van der Waals surface area contributed by atoms with Crippen molar-refractivity contribution < 1.29 is 0 Å². The average Bonchev–Trinajstić information content (AvgIpc) is 2.68. The molecule has 0 aliphatic carbocycles. The lowest BCUT2D eigenvalue weighted by molar-refractivity contribution is 0.312. The van der Waals surface area contributed by atoms with Crippen LogP contribution in [0, 0.1) is 6.92 Å². The Labute approximate surface area is 158 Å². The van der Waals surface area contributed by atoms with Crippen LogP contribution in [0.5, 0.6) is 0 Å². The molecule has 3 aromatic heterocycles. The third kappa shape index (κ3) is 3.78. The molecule has 1 aliphatic heterocycles. The molecule has 0 spiro atoms. The Morgan fingerprint density at radius 3 is 2.70 bits per heavy atom. The fourth-order valence-electron chi connectivity index (χ4n) is 3.29. The topological polar surface area (TPSA) is 65.8 Å². The summed E-state index contributed by atoms with van der Waals surface area (Å²) in [4.78, 5) is 26.1. The molecule has 0 bridgehead atoms. The van der Waals surface area contributed by atoms with Gasteiger partial charge in [0.15, 0.2) is 0 Å². The number of fused-ring (bicyclic) bond motifs is 1. The van der Waals surface area contributed by atoms with E-state index in [0.29, 0.717) is 18.0 Å². The van der Waals surface area contributed by atoms with E-state index >= 15 is 0 Å². The Kier molecular flexibility index (Phi) is 4.77. The van der Waals surface area contributed by atoms with Crippen molar-refractivity contribution in [2.24, 2.45) is 0 Å². The van der Waals surface area contributed by atoms with E-state index in [1.807, 2.05) is 25.3 Å². The summed E-state index contributed by atoms with van der Waals surface area (Å²) >= 11 is 0. The lowest BCUT2D eigenvalue weighted by Crippen LogP contribution is -2.44. The zero-order valence-electron chi connectivity index (χ0n) is 15.7. The van der Waals surface area contributed by atoms with E-state index in [4.69, 9.17) is 0 Å². The normalized spacial score (nSPS) is 15.3. The predicted molar refractivity (Wildman–Crippen MR) is 107 cm³/mol. The van der Waals surface area contributed by atoms with Crippen LogP contribution in [-0.4, -0.2) is 52.5 Å². The van der Waals surface area contributed by atoms with Gasteiger partial charge in [-0.2, -0.15) is 0 Å². The fourth-order valence-corrected chi connectivity index (χ4v) is 3.29. The summed E-state index contributed by atoms with van der Waals surface area (Å²) in [5, 5.41) is 3.24. The van der Waals surface area contributed by atoms with Gasteiger partial charge in [0.2, 0.25) is 0 Å². The number of rotatable bonds is 4. The second-order valence-electron chi connectivity index (χ2n) is 7.03. The van der Waals surface area contributed by atoms with E-state index in [9.17, 15) is 4.79 Å². The van der Waals surface area contributed by atoms with Crippen molar-refractivity contribution in [1.82, 2.24) is 19.3 Å². The quantitative estimate of drug-likeness (QED) is 0.761. The maximum absolute atomic E-state index is 12.3. The monoisotopic (exact) mass is 364 g/mol. The molecular weight excluding hydrogens is 340 g/mol. The van der Waals surface area contributed by atoms with Crippen LogP contribution < -0.4 is 15.8 Å². The number of aryl methyl sites for hydroxylation is 1. The first kappa shape index (κ1) is 17.5. The summed E-state index contributed by atoms with van der Waals surface area (Å²) in [6.07, 6.45) is 3.63. The molecule has 1 saturated heterocycles. The molecule has 4 heterocycles. The van der Waals surface area contributed by atoms with Crippen molar-refractivity contribution in [3.63, 3.8) is 0 Å². The van der Waals surface area contributed by atoms with E-state index < -0.39 is 0 Å². The molecule has 0 aromatic carbocycles. The van der Waals surface area contributed by atoms with Gasteiger partial charge in [0.05, 0.1) is 0 Å². The minimum Gasteiger partial charge on any atom is -0.366 e. The van der Waals surface area contributed by atoms with Gasteiger partial charge in [-0.15, -0.1) is 0 Å². The molecule has 1 aliphatic rings. The summed E-state index contributed by atoms with van der Waals surface area (Å²) in [5.41, 5.74) is 2.61. The average molecular weight is 364 g/mol. The SMILES string of the molecule is Cc1cccn2c(=O)cc(NCc3ccc(N4CCN(C)CC4)nc3)nc12. The molecule has 0 saturated carbocycles. The summed E-state index contributed by atoms with van der Waals surface area (Å²) in [7, 11) is 2.15. The highest BCUT2D eigenvalue weighted by atomic mass is 16.1. The highest BCUT2D eigenvalue weighted by Crippen LogP contribution is 2.15. The molecule has 3 aromatic rings. The second kappa shape index (κ2) is 7.36. The van der Waals surface area contributed by atoms with E-state index in [1.165, 1.54) is 6.07 Å². The van der Waals surface area contributed by atoms with Crippen molar-refractivity contribution >= 4 is 17.3 Å². The van der Waals surface area contributed by atoms with Crippen molar-refractivity contribution in [1.29, 1.82) is 0 Å². The van der Waals surface area contributed by atoms with Crippen LogP contribution in [0.2, 0.25) is 0 Å². The first-order valence-electron chi connectivity index (χ1n) is 9.21. The van der Waals surface area contributed by atoms with Gasteiger partial charge >= 0.3 is 0 Å². The van der Waals surface area contributed by atoms with Crippen LogP contribution in [0.1, 0.15) is 11.1 Å². The Morgan fingerprint density at radius 1 is 1.15 bits per heavy atom. The Morgan fingerprint density at radius 2 is 1.96 bits per heavy atom. The third-order valence-electron chi connectivity index (χ3n) is 5.00. The van der Waals surface area contributed by atoms with Gasteiger partial charge in [-0.3, -0.25) is 9.20 Å². The second-order valence-corrected chi connectivity index (χ2v) is 7.03. The van der Waals surface area contributed by atoms with E-state index in [2.05, 4.69) is 44.3 Å². The number of piperazine rings is 1. The molecule has 7 heteroatoms. The third-order valence-corrected chi connectivity index (χ3v) is 5.00. The Bertz CT molecular complexity index is 990. The molecule has 1 fully saturated rings. The van der Waals surface area contributed by atoms with Gasteiger partial charge in [0.1, 0.15) is 17.3 Å². The molecule has 140 valence electrons. The van der Waals surface area contributed by atoms with Gasteiger partial charge in [0, 0.05) is 51.2 Å². The van der Waals surface area contributed by atoms with Gasteiger partial charge < -0.3 is 15.1 Å². The molecule has 0 amide bonds. The lowest BCUT2D eigenvalue weighted by Gasteiger charge is -2.33. The zero-order valence-corrected chi connectivity index (χ0v) is 15.7. The number of pyridine rings is 2. The fraction of sp³-hybridized carbons (Fsp3) is 0.350. The molecular formula is C20H24N6O. The number of nitrogens with zero attached hydrogens (tertiary/aromatic N) is 5. The van der Waals surface area contributed by atoms with Gasteiger partial charge in [-0.1, -0.05) is 12.1 Å². The molecule has 4 rings (SSSR count). The van der Waals surface area contributed by atoms with Gasteiger partial charge in [0.25, 0.3) is 5.56 Å². The minimum absolute atomic E-state index is 0.0882. The van der Waals surface area contributed by atoms with Crippen molar-refractivity contribution in [3.05, 3.63) is 64.2 Å². The van der Waals surface area contributed by atoms with Crippen LogP contribution in [0.3, 0.4) is 0 Å². The van der Waals surface area contributed by atoms with E-state index in [-0.39, 0.29) is 5.56 Å². The highest BCUT2D eigenvalue weighted by molar-refractivity contribution is 5.52. The molecule has 27 heavy (non-hydrogen) atoms. The summed E-state index contributed by atoms with van der Waals surface area (Å²) < 4.78 is 1.56. The molecule has 7 nitrogen and oxygen atoms in total.